The van der Waals surface area contributed by atoms with Crippen LogP contribution in [0.4, 0.5) is 5.69 Å². The molecule has 1 N–H and O–H groups in total. The summed E-state index contributed by atoms with van der Waals surface area (Å²) in [7, 11) is 0. The Labute approximate surface area is 123 Å². The normalized spacial score (nSPS) is 20.5. The Morgan fingerprint density at radius 1 is 0.900 bits per heavy atom. The molecule has 0 aromatic heterocycles. The fourth-order valence-electron chi connectivity index (χ4n) is 3.61. The third-order valence-corrected chi connectivity index (χ3v) is 4.89. The summed E-state index contributed by atoms with van der Waals surface area (Å²) in [6, 6.07) is 9.18. The SMILES string of the molecule is c1cc(N2CCCC2)ccc1CNCC1CCCCC1. The second-order valence-electron chi connectivity index (χ2n) is 6.50. The lowest BCUT2D eigenvalue weighted by atomic mass is 9.89. The Hall–Kier alpha value is -1.02. The van der Waals surface area contributed by atoms with Crippen LogP contribution in [0.5, 0.6) is 0 Å². The number of hydrogen-bond acceptors (Lipinski definition) is 2. The van der Waals surface area contributed by atoms with Crippen LogP contribution < -0.4 is 10.2 Å². The maximum absolute atomic E-state index is 3.65. The van der Waals surface area contributed by atoms with Gasteiger partial charge in [-0.3, -0.25) is 0 Å². The van der Waals surface area contributed by atoms with Gasteiger partial charge in [0.15, 0.2) is 0 Å². The van der Waals surface area contributed by atoms with Crippen molar-refractivity contribution in [1.82, 2.24) is 5.32 Å². The van der Waals surface area contributed by atoms with E-state index in [2.05, 4.69) is 34.5 Å². The number of benzene rings is 1. The minimum Gasteiger partial charge on any atom is -0.372 e. The van der Waals surface area contributed by atoms with Crippen molar-refractivity contribution >= 4 is 5.69 Å². The molecule has 1 aliphatic heterocycles. The summed E-state index contributed by atoms with van der Waals surface area (Å²) in [6.07, 6.45) is 9.90. The van der Waals surface area contributed by atoms with Crippen molar-refractivity contribution in [2.75, 3.05) is 24.5 Å². The zero-order valence-corrected chi connectivity index (χ0v) is 12.6. The lowest BCUT2D eigenvalue weighted by Crippen LogP contribution is -2.24. The first kappa shape index (κ1) is 13.9. The van der Waals surface area contributed by atoms with Gasteiger partial charge in [0.1, 0.15) is 0 Å². The smallest absolute Gasteiger partial charge is 0.0366 e. The molecule has 20 heavy (non-hydrogen) atoms. The van der Waals surface area contributed by atoms with E-state index in [0.29, 0.717) is 0 Å². The lowest BCUT2D eigenvalue weighted by molar-refractivity contribution is 0.342. The van der Waals surface area contributed by atoms with Crippen LogP contribution in [0.2, 0.25) is 0 Å². The fourth-order valence-corrected chi connectivity index (χ4v) is 3.61. The van der Waals surface area contributed by atoms with Gasteiger partial charge in [0.2, 0.25) is 0 Å². The molecular formula is C18H28N2. The topological polar surface area (TPSA) is 15.3 Å². The first-order valence-corrected chi connectivity index (χ1v) is 8.46. The molecule has 0 radical (unpaired) electrons. The van der Waals surface area contributed by atoms with Crippen LogP contribution in [0.15, 0.2) is 24.3 Å². The quantitative estimate of drug-likeness (QED) is 0.873. The average molecular weight is 272 g/mol. The Kier molecular flexibility index (Phi) is 4.96. The molecule has 2 heteroatoms. The van der Waals surface area contributed by atoms with Crippen LogP contribution >= 0.6 is 0 Å². The van der Waals surface area contributed by atoms with E-state index in [9.17, 15) is 0 Å². The molecule has 3 rings (SSSR count). The van der Waals surface area contributed by atoms with Crippen LogP contribution in [0.3, 0.4) is 0 Å². The number of anilines is 1. The highest BCUT2D eigenvalue weighted by Gasteiger charge is 2.13. The first-order valence-electron chi connectivity index (χ1n) is 8.46. The van der Waals surface area contributed by atoms with E-state index in [1.54, 1.807) is 0 Å². The van der Waals surface area contributed by atoms with Crippen molar-refractivity contribution in [2.24, 2.45) is 5.92 Å². The van der Waals surface area contributed by atoms with Gasteiger partial charge in [-0.05, 0) is 55.8 Å². The highest BCUT2D eigenvalue weighted by atomic mass is 15.1. The zero-order chi connectivity index (χ0) is 13.6. The van der Waals surface area contributed by atoms with Gasteiger partial charge in [-0.2, -0.15) is 0 Å². The molecule has 110 valence electrons. The van der Waals surface area contributed by atoms with Gasteiger partial charge in [-0.1, -0.05) is 31.4 Å². The predicted octanol–water partition coefficient (Wildman–Crippen LogP) is 3.96. The number of nitrogens with zero attached hydrogens (tertiary/aromatic N) is 1. The molecule has 2 nitrogen and oxygen atoms in total. The number of nitrogens with one attached hydrogen (secondary N) is 1. The molecule has 0 bridgehead atoms. The van der Waals surface area contributed by atoms with E-state index in [1.807, 2.05) is 0 Å². The Morgan fingerprint density at radius 2 is 1.60 bits per heavy atom. The molecule has 0 unspecified atom stereocenters. The van der Waals surface area contributed by atoms with Gasteiger partial charge >= 0.3 is 0 Å². The zero-order valence-electron chi connectivity index (χ0n) is 12.6. The maximum atomic E-state index is 3.65. The predicted molar refractivity (Wildman–Crippen MR) is 86.2 cm³/mol. The Bertz CT molecular complexity index is 386. The summed E-state index contributed by atoms with van der Waals surface area (Å²) in [4.78, 5) is 2.50. The molecular weight excluding hydrogens is 244 g/mol. The maximum Gasteiger partial charge on any atom is 0.0366 e. The Morgan fingerprint density at radius 3 is 2.30 bits per heavy atom. The van der Waals surface area contributed by atoms with Crippen LogP contribution in [0.1, 0.15) is 50.5 Å². The van der Waals surface area contributed by atoms with Gasteiger partial charge in [0.05, 0.1) is 0 Å². The van der Waals surface area contributed by atoms with E-state index < -0.39 is 0 Å². The third-order valence-electron chi connectivity index (χ3n) is 4.89. The Balaban J connectivity index is 1.43. The van der Waals surface area contributed by atoms with Gasteiger partial charge in [-0.15, -0.1) is 0 Å². The van der Waals surface area contributed by atoms with Crippen molar-refractivity contribution in [3.63, 3.8) is 0 Å². The average Bonchev–Trinajstić information content (AvgIpc) is 3.03. The molecule has 2 fully saturated rings. The number of rotatable bonds is 5. The third kappa shape index (κ3) is 3.76. The molecule has 1 saturated heterocycles. The van der Waals surface area contributed by atoms with E-state index >= 15 is 0 Å². The van der Waals surface area contributed by atoms with Crippen LogP contribution in [0.25, 0.3) is 0 Å². The van der Waals surface area contributed by atoms with Crippen molar-refractivity contribution in [2.45, 2.75) is 51.5 Å². The second kappa shape index (κ2) is 7.12. The molecule has 1 heterocycles. The standard InChI is InChI=1S/C18H28N2/c1-2-6-16(7-3-1)14-19-15-17-8-10-18(11-9-17)20-12-4-5-13-20/h8-11,16,19H,1-7,12-15H2. The van der Waals surface area contributed by atoms with Crippen molar-refractivity contribution in [3.05, 3.63) is 29.8 Å². The summed E-state index contributed by atoms with van der Waals surface area (Å²) in [5, 5.41) is 3.65. The molecule has 1 aromatic rings. The highest BCUT2D eigenvalue weighted by molar-refractivity contribution is 5.48. The van der Waals surface area contributed by atoms with E-state index in [0.717, 1.165) is 12.5 Å². The van der Waals surface area contributed by atoms with E-state index in [-0.39, 0.29) is 0 Å². The molecule has 1 aliphatic carbocycles. The van der Waals surface area contributed by atoms with Gasteiger partial charge < -0.3 is 10.2 Å². The molecule has 1 aromatic carbocycles. The van der Waals surface area contributed by atoms with Crippen molar-refractivity contribution in [3.8, 4) is 0 Å². The van der Waals surface area contributed by atoms with Gasteiger partial charge in [-0.25, -0.2) is 0 Å². The number of hydrogen-bond donors (Lipinski definition) is 1. The summed E-state index contributed by atoms with van der Waals surface area (Å²) in [6.45, 7) is 4.70. The second-order valence-corrected chi connectivity index (χ2v) is 6.50. The van der Waals surface area contributed by atoms with Crippen molar-refractivity contribution < 1.29 is 0 Å². The van der Waals surface area contributed by atoms with Crippen LogP contribution in [-0.4, -0.2) is 19.6 Å². The largest absolute Gasteiger partial charge is 0.372 e. The lowest BCUT2D eigenvalue weighted by Gasteiger charge is -2.22. The molecule has 0 amide bonds. The minimum absolute atomic E-state index is 0.924. The first-order chi connectivity index (χ1) is 9.92. The van der Waals surface area contributed by atoms with Gasteiger partial charge in [0, 0.05) is 25.3 Å². The van der Waals surface area contributed by atoms with Crippen molar-refractivity contribution in [1.29, 1.82) is 0 Å². The fraction of sp³-hybridized carbons (Fsp3) is 0.667. The summed E-state index contributed by atoms with van der Waals surface area (Å²) in [5.74, 6) is 0.924. The molecule has 0 atom stereocenters. The summed E-state index contributed by atoms with van der Waals surface area (Å²) >= 11 is 0. The van der Waals surface area contributed by atoms with E-state index in [4.69, 9.17) is 0 Å². The molecule has 0 spiro atoms. The van der Waals surface area contributed by atoms with Crippen LogP contribution in [0, 0.1) is 5.92 Å². The van der Waals surface area contributed by atoms with E-state index in [1.165, 1.54) is 75.8 Å². The summed E-state index contributed by atoms with van der Waals surface area (Å²) < 4.78 is 0. The minimum atomic E-state index is 0.924. The molecule has 1 saturated carbocycles. The monoisotopic (exact) mass is 272 g/mol. The van der Waals surface area contributed by atoms with Gasteiger partial charge in [0.25, 0.3) is 0 Å². The molecule has 2 aliphatic rings. The van der Waals surface area contributed by atoms with Crippen LogP contribution in [-0.2, 0) is 6.54 Å². The summed E-state index contributed by atoms with van der Waals surface area (Å²) in [5.41, 5.74) is 2.82. The highest BCUT2D eigenvalue weighted by Crippen LogP contribution is 2.23.